The van der Waals surface area contributed by atoms with Gasteiger partial charge in [0.25, 0.3) is 0 Å². The molecular formula is C27H23N3O2S. The SMILES string of the molecule is Cc1ccc(-c2csc(C3=C(O)CN(c4ccc(Oc5ccccc5)cc4)C3=N)n2)cc1C. The van der Waals surface area contributed by atoms with Gasteiger partial charge < -0.3 is 14.7 Å². The lowest BCUT2D eigenvalue weighted by molar-refractivity contribution is 0.411. The Morgan fingerprint density at radius 3 is 2.39 bits per heavy atom. The fourth-order valence-electron chi connectivity index (χ4n) is 3.77. The standard InChI is InChI=1S/C27H23N3O2S/c1-17-8-9-19(14-18(17)2)23-16-33-27(29-23)25-24(31)15-30(26(25)28)20-10-12-22(13-11-20)32-21-6-4-3-5-7-21/h3-14,16,28,31H,15H2,1-2H3. The summed E-state index contributed by atoms with van der Waals surface area (Å²) in [5.41, 5.74) is 5.64. The third-order valence-electron chi connectivity index (χ3n) is 5.75. The molecule has 0 saturated heterocycles. The number of nitrogens with one attached hydrogen (secondary N) is 1. The van der Waals surface area contributed by atoms with Gasteiger partial charge in [-0.05, 0) is 67.4 Å². The van der Waals surface area contributed by atoms with E-state index in [2.05, 4.69) is 32.0 Å². The van der Waals surface area contributed by atoms with Gasteiger partial charge in [-0.3, -0.25) is 5.41 Å². The number of aromatic nitrogens is 1. The first-order valence-corrected chi connectivity index (χ1v) is 11.5. The summed E-state index contributed by atoms with van der Waals surface area (Å²) in [5, 5.41) is 22.0. The van der Waals surface area contributed by atoms with Crippen molar-refractivity contribution < 1.29 is 9.84 Å². The van der Waals surface area contributed by atoms with E-state index in [9.17, 15) is 5.11 Å². The largest absolute Gasteiger partial charge is 0.510 e. The van der Waals surface area contributed by atoms with Crippen LogP contribution in [0, 0.1) is 19.3 Å². The quantitative estimate of drug-likeness (QED) is 0.342. The van der Waals surface area contributed by atoms with Crippen LogP contribution in [0.25, 0.3) is 16.8 Å². The van der Waals surface area contributed by atoms with Crippen molar-refractivity contribution in [3.63, 3.8) is 0 Å². The highest BCUT2D eigenvalue weighted by Crippen LogP contribution is 2.35. The number of thiazole rings is 1. The summed E-state index contributed by atoms with van der Waals surface area (Å²) in [6, 6.07) is 23.4. The molecule has 0 radical (unpaired) electrons. The lowest BCUT2D eigenvalue weighted by Crippen LogP contribution is -2.25. The number of aliphatic hydroxyl groups is 1. The number of para-hydroxylation sites is 1. The van der Waals surface area contributed by atoms with Gasteiger partial charge in [-0.25, -0.2) is 4.98 Å². The molecule has 0 spiro atoms. The van der Waals surface area contributed by atoms with Crippen molar-refractivity contribution in [2.45, 2.75) is 13.8 Å². The summed E-state index contributed by atoms with van der Waals surface area (Å²) in [7, 11) is 0. The van der Waals surface area contributed by atoms with Crippen molar-refractivity contribution in [3.05, 3.63) is 100 Å². The molecule has 1 aliphatic rings. The number of aryl methyl sites for hydroxylation is 2. The number of hydrogen-bond donors (Lipinski definition) is 2. The van der Waals surface area contributed by atoms with Crippen molar-refractivity contribution in [1.82, 2.24) is 4.98 Å². The maximum atomic E-state index is 10.7. The van der Waals surface area contributed by atoms with E-state index >= 15 is 0 Å². The summed E-state index contributed by atoms with van der Waals surface area (Å²) in [4.78, 5) is 6.51. The van der Waals surface area contributed by atoms with Crippen LogP contribution in [0.1, 0.15) is 16.1 Å². The minimum atomic E-state index is 0.158. The zero-order chi connectivity index (χ0) is 22.9. The van der Waals surface area contributed by atoms with E-state index in [1.54, 1.807) is 4.90 Å². The molecule has 5 nitrogen and oxygen atoms in total. The monoisotopic (exact) mass is 453 g/mol. The Labute approximate surface area is 196 Å². The summed E-state index contributed by atoms with van der Waals surface area (Å²) < 4.78 is 5.85. The second kappa shape index (κ2) is 8.56. The van der Waals surface area contributed by atoms with Crippen molar-refractivity contribution in [3.8, 4) is 22.8 Å². The average molecular weight is 454 g/mol. The lowest BCUT2D eigenvalue weighted by Gasteiger charge is -2.19. The predicted molar refractivity (Wildman–Crippen MR) is 135 cm³/mol. The molecule has 6 heteroatoms. The Bertz CT molecular complexity index is 1360. The van der Waals surface area contributed by atoms with E-state index in [1.807, 2.05) is 60.0 Å². The molecule has 0 fully saturated rings. The lowest BCUT2D eigenvalue weighted by atomic mass is 10.1. The van der Waals surface area contributed by atoms with Crippen LogP contribution in [-0.2, 0) is 0 Å². The number of hydrogen-bond acceptors (Lipinski definition) is 5. The van der Waals surface area contributed by atoms with Gasteiger partial charge in [-0.2, -0.15) is 0 Å². The number of amidine groups is 1. The van der Waals surface area contributed by atoms with Crippen LogP contribution in [0.15, 0.2) is 83.9 Å². The molecule has 0 unspecified atom stereocenters. The molecule has 0 saturated carbocycles. The maximum absolute atomic E-state index is 10.7. The van der Waals surface area contributed by atoms with Gasteiger partial charge in [-0.1, -0.05) is 30.3 Å². The van der Waals surface area contributed by atoms with Crippen LogP contribution in [0.4, 0.5) is 5.69 Å². The minimum Gasteiger partial charge on any atom is -0.510 e. The van der Waals surface area contributed by atoms with Gasteiger partial charge in [0, 0.05) is 16.6 Å². The van der Waals surface area contributed by atoms with Crippen LogP contribution in [-0.4, -0.2) is 22.5 Å². The number of aliphatic hydroxyl groups excluding tert-OH is 1. The Balaban J connectivity index is 1.35. The molecule has 0 amide bonds. The smallest absolute Gasteiger partial charge is 0.139 e. The Hall–Kier alpha value is -3.90. The number of nitrogens with zero attached hydrogens (tertiary/aromatic N) is 2. The second-order valence-corrected chi connectivity index (χ2v) is 8.86. The van der Waals surface area contributed by atoms with E-state index in [0.29, 0.717) is 16.3 Å². The van der Waals surface area contributed by atoms with Crippen LogP contribution in [0.3, 0.4) is 0 Å². The number of rotatable bonds is 5. The molecule has 164 valence electrons. The van der Waals surface area contributed by atoms with Crippen molar-refractivity contribution in [1.29, 1.82) is 5.41 Å². The van der Waals surface area contributed by atoms with Crippen LogP contribution >= 0.6 is 11.3 Å². The average Bonchev–Trinajstić information content (AvgIpc) is 3.41. The normalized spacial score (nSPS) is 13.6. The zero-order valence-corrected chi connectivity index (χ0v) is 19.2. The molecule has 0 atom stereocenters. The molecular weight excluding hydrogens is 430 g/mol. The highest BCUT2D eigenvalue weighted by Gasteiger charge is 2.31. The van der Waals surface area contributed by atoms with E-state index < -0.39 is 0 Å². The summed E-state index contributed by atoms with van der Waals surface area (Å²) in [6.07, 6.45) is 0. The van der Waals surface area contributed by atoms with E-state index in [-0.39, 0.29) is 18.1 Å². The first kappa shape index (κ1) is 21.0. The van der Waals surface area contributed by atoms with E-state index in [1.165, 1.54) is 22.5 Å². The Morgan fingerprint density at radius 1 is 0.939 bits per heavy atom. The number of benzene rings is 3. The summed E-state index contributed by atoms with van der Waals surface area (Å²) >= 11 is 1.44. The zero-order valence-electron chi connectivity index (χ0n) is 18.4. The fraction of sp³-hybridized carbons (Fsp3) is 0.111. The highest BCUT2D eigenvalue weighted by atomic mass is 32.1. The van der Waals surface area contributed by atoms with E-state index in [0.717, 1.165) is 22.7 Å². The minimum absolute atomic E-state index is 0.158. The fourth-order valence-corrected chi connectivity index (χ4v) is 4.66. The third-order valence-corrected chi connectivity index (χ3v) is 6.61. The maximum Gasteiger partial charge on any atom is 0.139 e. The van der Waals surface area contributed by atoms with Crippen molar-refractivity contribution in [2.24, 2.45) is 0 Å². The highest BCUT2D eigenvalue weighted by molar-refractivity contribution is 7.11. The molecule has 1 aromatic heterocycles. The Morgan fingerprint density at radius 2 is 1.67 bits per heavy atom. The Kier molecular flexibility index (Phi) is 5.44. The van der Waals surface area contributed by atoms with Gasteiger partial charge >= 0.3 is 0 Å². The summed E-state index contributed by atoms with van der Waals surface area (Å²) in [6.45, 7) is 4.41. The molecule has 5 rings (SSSR count). The molecule has 0 bridgehead atoms. The van der Waals surface area contributed by atoms with Gasteiger partial charge in [0.05, 0.1) is 17.8 Å². The molecule has 3 aromatic carbocycles. The first-order valence-electron chi connectivity index (χ1n) is 10.6. The van der Waals surface area contributed by atoms with Gasteiger partial charge in [0.15, 0.2) is 0 Å². The third kappa shape index (κ3) is 4.13. The van der Waals surface area contributed by atoms with Gasteiger partial charge in [0.1, 0.15) is 28.1 Å². The number of ether oxygens (including phenoxy) is 1. The second-order valence-electron chi connectivity index (χ2n) is 8.00. The van der Waals surface area contributed by atoms with E-state index in [4.69, 9.17) is 15.1 Å². The first-order chi connectivity index (χ1) is 16.0. The predicted octanol–water partition coefficient (Wildman–Crippen LogP) is 6.99. The summed E-state index contributed by atoms with van der Waals surface area (Å²) in [5.74, 6) is 1.88. The van der Waals surface area contributed by atoms with Crippen molar-refractivity contribution in [2.75, 3.05) is 11.4 Å². The van der Waals surface area contributed by atoms with Gasteiger partial charge in [-0.15, -0.1) is 11.3 Å². The molecule has 1 aliphatic heterocycles. The van der Waals surface area contributed by atoms with Gasteiger partial charge in [0.2, 0.25) is 0 Å². The van der Waals surface area contributed by atoms with Crippen LogP contribution < -0.4 is 9.64 Å². The molecule has 2 heterocycles. The van der Waals surface area contributed by atoms with Crippen LogP contribution in [0.5, 0.6) is 11.5 Å². The van der Waals surface area contributed by atoms with Crippen LogP contribution in [0.2, 0.25) is 0 Å². The molecule has 0 aliphatic carbocycles. The topological polar surface area (TPSA) is 69.4 Å². The molecule has 2 N–H and O–H groups in total. The molecule has 4 aromatic rings. The molecule has 33 heavy (non-hydrogen) atoms. The number of anilines is 1. The van der Waals surface area contributed by atoms with Crippen molar-refractivity contribution >= 4 is 28.4 Å².